The van der Waals surface area contributed by atoms with Crippen molar-refractivity contribution in [3.05, 3.63) is 35.4 Å². The second-order valence-electron chi connectivity index (χ2n) is 9.52. The van der Waals surface area contributed by atoms with Gasteiger partial charge in [-0.05, 0) is 44.0 Å². The second-order valence-corrected chi connectivity index (χ2v) is 9.52. The van der Waals surface area contributed by atoms with Gasteiger partial charge in [0.15, 0.2) is 0 Å². The number of carbonyl (C=O) groups is 3. The van der Waals surface area contributed by atoms with Crippen molar-refractivity contribution in [1.29, 1.82) is 0 Å². The predicted molar refractivity (Wildman–Crippen MR) is 151 cm³/mol. The molecule has 1 aromatic rings. The van der Waals surface area contributed by atoms with Gasteiger partial charge in [0, 0.05) is 12.1 Å². The standard InChI is InChI=1S/C31H49NO5/c1-4-7-8-9-10-11-12-13-14-15-16-17-18-19-20-29(33)32-27-23-21-26(22-24-27)25-28(30(34)36-5-2)31(35)37-6-3/h21-25H,4-20H2,1-3H3,(H,32,33). The molecule has 0 aromatic heterocycles. The van der Waals surface area contributed by atoms with Crippen LogP contribution in [-0.2, 0) is 23.9 Å². The minimum atomic E-state index is -0.716. The van der Waals surface area contributed by atoms with Crippen molar-refractivity contribution < 1.29 is 23.9 Å². The number of benzene rings is 1. The molecule has 1 N–H and O–H groups in total. The van der Waals surface area contributed by atoms with Gasteiger partial charge < -0.3 is 14.8 Å². The van der Waals surface area contributed by atoms with Crippen LogP contribution in [-0.4, -0.2) is 31.1 Å². The first-order valence-corrected chi connectivity index (χ1v) is 14.5. The number of ether oxygens (including phenoxy) is 2. The van der Waals surface area contributed by atoms with E-state index in [2.05, 4.69) is 12.2 Å². The third kappa shape index (κ3) is 16.0. The van der Waals surface area contributed by atoms with Crippen LogP contribution in [0.4, 0.5) is 5.69 Å². The third-order valence-electron chi connectivity index (χ3n) is 6.25. The lowest BCUT2D eigenvalue weighted by molar-refractivity contribution is -0.146. The summed E-state index contributed by atoms with van der Waals surface area (Å²) in [5, 5.41) is 2.91. The first-order chi connectivity index (χ1) is 18.0. The Morgan fingerprint density at radius 2 is 1.08 bits per heavy atom. The van der Waals surface area contributed by atoms with E-state index in [1.54, 1.807) is 38.1 Å². The summed E-state index contributed by atoms with van der Waals surface area (Å²) in [6.07, 6.45) is 20.0. The molecule has 1 rings (SSSR count). The Labute approximate surface area is 224 Å². The fraction of sp³-hybridized carbons (Fsp3) is 0.645. The van der Waals surface area contributed by atoms with E-state index in [1.807, 2.05) is 0 Å². The molecule has 0 saturated heterocycles. The number of rotatable bonds is 21. The average Bonchev–Trinajstić information content (AvgIpc) is 2.88. The van der Waals surface area contributed by atoms with E-state index >= 15 is 0 Å². The summed E-state index contributed by atoms with van der Waals surface area (Å²) >= 11 is 0. The van der Waals surface area contributed by atoms with Crippen LogP contribution < -0.4 is 5.32 Å². The van der Waals surface area contributed by atoms with E-state index in [0.717, 1.165) is 12.8 Å². The number of hydrogen-bond donors (Lipinski definition) is 1. The van der Waals surface area contributed by atoms with Crippen molar-refractivity contribution >= 4 is 29.6 Å². The van der Waals surface area contributed by atoms with Gasteiger partial charge in [-0.1, -0.05) is 103 Å². The number of anilines is 1. The Kier molecular flexibility index (Phi) is 18.8. The molecule has 0 aliphatic heterocycles. The smallest absolute Gasteiger partial charge is 0.345 e. The van der Waals surface area contributed by atoms with Gasteiger partial charge in [0.25, 0.3) is 0 Å². The lowest BCUT2D eigenvalue weighted by atomic mass is 10.0. The van der Waals surface area contributed by atoms with Crippen LogP contribution in [0.1, 0.15) is 123 Å². The maximum atomic E-state index is 12.3. The zero-order valence-corrected chi connectivity index (χ0v) is 23.4. The maximum absolute atomic E-state index is 12.3. The van der Waals surface area contributed by atoms with Crippen LogP contribution in [0.25, 0.3) is 6.08 Å². The highest BCUT2D eigenvalue weighted by Gasteiger charge is 2.20. The number of hydrogen-bond acceptors (Lipinski definition) is 5. The summed E-state index contributed by atoms with van der Waals surface area (Å²) in [4.78, 5) is 36.5. The quantitative estimate of drug-likeness (QED) is 0.0589. The number of amides is 1. The zero-order chi connectivity index (χ0) is 27.1. The van der Waals surface area contributed by atoms with Crippen molar-refractivity contribution in [2.75, 3.05) is 18.5 Å². The summed E-state index contributed by atoms with van der Waals surface area (Å²) in [5.41, 5.74) is 1.17. The van der Waals surface area contributed by atoms with Gasteiger partial charge in [-0.3, -0.25) is 4.79 Å². The number of unbranched alkanes of at least 4 members (excludes halogenated alkanes) is 13. The molecule has 6 nitrogen and oxygen atoms in total. The Balaban J connectivity index is 2.24. The van der Waals surface area contributed by atoms with Crippen molar-refractivity contribution in [2.24, 2.45) is 0 Å². The van der Waals surface area contributed by atoms with Crippen molar-refractivity contribution in [1.82, 2.24) is 0 Å². The molecule has 0 aliphatic carbocycles. The Morgan fingerprint density at radius 1 is 0.649 bits per heavy atom. The van der Waals surface area contributed by atoms with E-state index in [1.165, 1.54) is 83.1 Å². The average molecular weight is 516 g/mol. The number of nitrogens with one attached hydrogen (secondary N) is 1. The molecule has 0 aliphatic rings. The molecule has 0 atom stereocenters. The second kappa shape index (κ2) is 21.5. The molecule has 1 aromatic carbocycles. The van der Waals surface area contributed by atoms with E-state index in [0.29, 0.717) is 17.7 Å². The van der Waals surface area contributed by atoms with Gasteiger partial charge in [0.1, 0.15) is 5.57 Å². The SMILES string of the molecule is CCCCCCCCCCCCCCCCC(=O)Nc1ccc(C=C(C(=O)OCC)C(=O)OCC)cc1. The first kappa shape index (κ1) is 32.4. The predicted octanol–water partition coefficient (Wildman–Crippen LogP) is 8.01. The summed E-state index contributed by atoms with van der Waals surface area (Å²) in [5.74, 6) is -1.43. The Morgan fingerprint density at radius 3 is 1.51 bits per heavy atom. The zero-order valence-electron chi connectivity index (χ0n) is 23.4. The van der Waals surface area contributed by atoms with E-state index in [9.17, 15) is 14.4 Å². The molecule has 0 saturated carbocycles. The highest BCUT2D eigenvalue weighted by molar-refractivity contribution is 6.17. The normalized spacial score (nSPS) is 10.6. The van der Waals surface area contributed by atoms with Crippen LogP contribution in [0.15, 0.2) is 29.8 Å². The molecule has 6 heteroatoms. The molecule has 0 radical (unpaired) electrons. The van der Waals surface area contributed by atoms with Crippen molar-refractivity contribution in [3.63, 3.8) is 0 Å². The van der Waals surface area contributed by atoms with Crippen LogP contribution in [0, 0.1) is 0 Å². The molecular weight excluding hydrogens is 466 g/mol. The van der Waals surface area contributed by atoms with E-state index in [-0.39, 0.29) is 24.7 Å². The van der Waals surface area contributed by atoms with E-state index < -0.39 is 11.9 Å². The van der Waals surface area contributed by atoms with Crippen LogP contribution in [0.2, 0.25) is 0 Å². The molecule has 0 unspecified atom stereocenters. The van der Waals surface area contributed by atoms with Gasteiger partial charge in [0.05, 0.1) is 13.2 Å². The van der Waals surface area contributed by atoms with Crippen LogP contribution in [0.3, 0.4) is 0 Å². The first-order valence-electron chi connectivity index (χ1n) is 14.5. The fourth-order valence-corrected chi connectivity index (χ4v) is 4.15. The molecule has 37 heavy (non-hydrogen) atoms. The largest absolute Gasteiger partial charge is 0.462 e. The minimum Gasteiger partial charge on any atom is -0.462 e. The lowest BCUT2D eigenvalue weighted by Crippen LogP contribution is -2.18. The molecule has 1 amide bonds. The molecule has 0 bridgehead atoms. The fourth-order valence-electron chi connectivity index (χ4n) is 4.15. The van der Waals surface area contributed by atoms with Gasteiger partial charge in [-0.2, -0.15) is 0 Å². The minimum absolute atomic E-state index is 0.000893. The van der Waals surface area contributed by atoms with Crippen molar-refractivity contribution in [3.8, 4) is 0 Å². The van der Waals surface area contributed by atoms with Gasteiger partial charge >= 0.3 is 11.9 Å². The van der Waals surface area contributed by atoms with E-state index in [4.69, 9.17) is 9.47 Å². The summed E-state index contributed by atoms with van der Waals surface area (Å²) in [7, 11) is 0. The molecule has 208 valence electrons. The highest BCUT2D eigenvalue weighted by Crippen LogP contribution is 2.16. The molecule has 0 heterocycles. The van der Waals surface area contributed by atoms with Gasteiger partial charge in [-0.25, -0.2) is 9.59 Å². The molecule has 0 fully saturated rings. The lowest BCUT2D eigenvalue weighted by Gasteiger charge is -2.08. The molecule has 0 spiro atoms. The highest BCUT2D eigenvalue weighted by atomic mass is 16.6. The van der Waals surface area contributed by atoms with Gasteiger partial charge in [-0.15, -0.1) is 0 Å². The summed E-state index contributed by atoms with van der Waals surface area (Å²) < 4.78 is 9.91. The topological polar surface area (TPSA) is 81.7 Å². The Bertz CT molecular complexity index is 780. The molecular formula is C31H49NO5. The number of carbonyl (C=O) groups excluding carboxylic acids is 3. The van der Waals surface area contributed by atoms with Crippen LogP contribution in [0.5, 0.6) is 0 Å². The van der Waals surface area contributed by atoms with Gasteiger partial charge in [0.2, 0.25) is 5.91 Å². The van der Waals surface area contributed by atoms with Crippen molar-refractivity contribution in [2.45, 2.75) is 117 Å². The Hall–Kier alpha value is -2.63. The monoisotopic (exact) mass is 515 g/mol. The summed E-state index contributed by atoms with van der Waals surface area (Å²) in [6.45, 7) is 5.95. The maximum Gasteiger partial charge on any atom is 0.345 e. The summed E-state index contributed by atoms with van der Waals surface area (Å²) in [6, 6.07) is 6.98. The number of esters is 2. The van der Waals surface area contributed by atoms with Crippen LogP contribution >= 0.6 is 0 Å². The third-order valence-corrected chi connectivity index (χ3v) is 6.25.